The first-order valence-corrected chi connectivity index (χ1v) is 6.46. The zero-order valence-corrected chi connectivity index (χ0v) is 11.7. The molecule has 0 aromatic heterocycles. The van der Waals surface area contributed by atoms with Crippen LogP contribution in [0.3, 0.4) is 0 Å². The zero-order chi connectivity index (χ0) is 12.6. The van der Waals surface area contributed by atoms with Gasteiger partial charge in [-0.05, 0) is 19.8 Å². The zero-order valence-electron chi connectivity index (χ0n) is 10.1. The molecule has 0 saturated heterocycles. The van der Waals surface area contributed by atoms with E-state index in [0.717, 1.165) is 12.8 Å². The Morgan fingerprint density at radius 1 is 1.19 bits per heavy atom. The molecule has 0 saturated carbocycles. The second kappa shape index (κ2) is 7.65. The van der Waals surface area contributed by atoms with Gasteiger partial charge in [-0.25, -0.2) is 0 Å². The fraction of sp³-hybridized carbons (Fsp3) is 0.818. The van der Waals surface area contributed by atoms with E-state index in [0.29, 0.717) is 19.4 Å². The van der Waals surface area contributed by atoms with E-state index in [1.165, 1.54) is 0 Å². The van der Waals surface area contributed by atoms with Crippen LogP contribution in [-0.4, -0.2) is 18.5 Å². The predicted molar refractivity (Wildman–Crippen MR) is 66.0 cm³/mol. The van der Waals surface area contributed by atoms with Gasteiger partial charge in [0.15, 0.2) is 0 Å². The van der Waals surface area contributed by atoms with E-state index < -0.39 is 11.4 Å². The first-order chi connectivity index (χ1) is 7.58. The Morgan fingerprint density at radius 3 is 2.00 bits per heavy atom. The van der Waals surface area contributed by atoms with Gasteiger partial charge in [-0.3, -0.25) is 13.9 Å². The van der Waals surface area contributed by atoms with Crippen molar-refractivity contribution in [2.75, 3.05) is 6.61 Å². The van der Waals surface area contributed by atoms with Gasteiger partial charge in [0.05, 0.1) is 6.61 Å². The molecule has 4 nitrogen and oxygen atoms in total. The van der Waals surface area contributed by atoms with Crippen molar-refractivity contribution < 1.29 is 14.3 Å². The van der Waals surface area contributed by atoms with Crippen LogP contribution in [0.1, 0.15) is 46.5 Å². The number of esters is 1. The Morgan fingerprint density at radius 2 is 1.69 bits per heavy atom. The van der Waals surface area contributed by atoms with Gasteiger partial charge in [-0.2, -0.15) is 0 Å². The van der Waals surface area contributed by atoms with E-state index in [1.54, 1.807) is 6.92 Å². The van der Waals surface area contributed by atoms with Crippen molar-refractivity contribution in [2.45, 2.75) is 46.5 Å². The van der Waals surface area contributed by atoms with Gasteiger partial charge in [0, 0.05) is 16.1 Å². The highest BCUT2D eigenvalue weighted by Crippen LogP contribution is 2.32. The van der Waals surface area contributed by atoms with E-state index in [4.69, 9.17) is 4.74 Å². The number of amides is 1. The number of nitrogens with one attached hydrogen (secondary N) is 1. The van der Waals surface area contributed by atoms with Crippen molar-refractivity contribution in [3.8, 4) is 0 Å². The van der Waals surface area contributed by atoms with Crippen molar-refractivity contribution in [1.29, 1.82) is 0 Å². The van der Waals surface area contributed by atoms with E-state index in [2.05, 4.69) is 20.5 Å². The van der Waals surface area contributed by atoms with Crippen LogP contribution in [0.25, 0.3) is 0 Å². The summed E-state index contributed by atoms with van der Waals surface area (Å²) in [6, 6.07) is 0. The van der Waals surface area contributed by atoms with Crippen molar-refractivity contribution >= 4 is 28.0 Å². The van der Waals surface area contributed by atoms with Gasteiger partial charge in [-0.1, -0.05) is 26.7 Å². The van der Waals surface area contributed by atoms with Crippen molar-refractivity contribution in [3.05, 3.63) is 0 Å². The highest BCUT2D eigenvalue weighted by atomic mass is 79.9. The molecule has 16 heavy (non-hydrogen) atoms. The molecule has 0 aromatic rings. The predicted octanol–water partition coefficient (Wildman–Crippen LogP) is 2.56. The van der Waals surface area contributed by atoms with Gasteiger partial charge in [0.25, 0.3) is 0 Å². The maximum absolute atomic E-state index is 11.9. The van der Waals surface area contributed by atoms with Crippen LogP contribution >= 0.6 is 16.1 Å². The van der Waals surface area contributed by atoms with Crippen molar-refractivity contribution in [3.63, 3.8) is 0 Å². The SMILES string of the molecule is CCCC(CCC)(C(=O)NBr)C(=O)OCC. The minimum absolute atomic E-state index is 0.295. The van der Waals surface area contributed by atoms with Gasteiger partial charge in [0.2, 0.25) is 5.91 Å². The molecule has 94 valence electrons. The molecule has 0 unspecified atom stereocenters. The van der Waals surface area contributed by atoms with Crippen LogP contribution in [0.5, 0.6) is 0 Å². The molecule has 0 aliphatic rings. The average Bonchev–Trinajstić information content (AvgIpc) is 2.27. The number of ether oxygens (including phenoxy) is 1. The van der Waals surface area contributed by atoms with Gasteiger partial charge in [-0.15, -0.1) is 0 Å². The maximum Gasteiger partial charge on any atom is 0.321 e. The summed E-state index contributed by atoms with van der Waals surface area (Å²) in [4.78, 5) is 23.8. The normalized spacial score (nSPS) is 11.0. The molecule has 0 rings (SSSR count). The largest absolute Gasteiger partial charge is 0.465 e. The minimum Gasteiger partial charge on any atom is -0.465 e. The number of hydrogen-bond donors (Lipinski definition) is 1. The lowest BCUT2D eigenvalue weighted by atomic mass is 9.78. The molecule has 0 bridgehead atoms. The topological polar surface area (TPSA) is 55.4 Å². The summed E-state index contributed by atoms with van der Waals surface area (Å²) >= 11 is 2.90. The van der Waals surface area contributed by atoms with Crippen LogP contribution < -0.4 is 4.34 Å². The van der Waals surface area contributed by atoms with Crippen LogP contribution in [0, 0.1) is 5.41 Å². The summed E-state index contributed by atoms with van der Waals surface area (Å²) in [5.41, 5.74) is -1.04. The maximum atomic E-state index is 11.9. The molecule has 0 fully saturated rings. The van der Waals surface area contributed by atoms with E-state index in [1.807, 2.05) is 13.8 Å². The van der Waals surface area contributed by atoms with Crippen LogP contribution in [0.2, 0.25) is 0 Å². The van der Waals surface area contributed by atoms with E-state index >= 15 is 0 Å². The fourth-order valence-electron chi connectivity index (χ4n) is 1.86. The lowest BCUT2D eigenvalue weighted by molar-refractivity contribution is -0.161. The van der Waals surface area contributed by atoms with Crippen LogP contribution in [-0.2, 0) is 14.3 Å². The highest BCUT2D eigenvalue weighted by Gasteiger charge is 2.45. The van der Waals surface area contributed by atoms with E-state index in [9.17, 15) is 9.59 Å². The average molecular weight is 294 g/mol. The smallest absolute Gasteiger partial charge is 0.321 e. The highest BCUT2D eigenvalue weighted by molar-refractivity contribution is 9.08. The molecular weight excluding hydrogens is 274 g/mol. The molecular formula is C11H20BrNO3. The van der Waals surface area contributed by atoms with E-state index in [-0.39, 0.29) is 5.91 Å². The number of carbonyl (C=O) groups is 2. The molecule has 0 aliphatic heterocycles. The van der Waals surface area contributed by atoms with Crippen molar-refractivity contribution in [2.24, 2.45) is 5.41 Å². The number of carbonyl (C=O) groups excluding carboxylic acids is 2. The summed E-state index contributed by atoms with van der Waals surface area (Å²) in [6.07, 6.45) is 2.55. The molecule has 0 atom stereocenters. The lowest BCUT2D eigenvalue weighted by Crippen LogP contribution is -2.44. The second-order valence-electron chi connectivity index (χ2n) is 3.73. The summed E-state index contributed by atoms with van der Waals surface area (Å²) in [7, 11) is 0. The Hall–Kier alpha value is -0.580. The fourth-order valence-corrected chi connectivity index (χ4v) is 2.24. The first-order valence-electron chi connectivity index (χ1n) is 5.67. The third kappa shape index (κ3) is 3.47. The number of hydrogen-bond acceptors (Lipinski definition) is 3. The standard InChI is InChI=1S/C11H20BrNO3/c1-4-7-11(8-5-2,9(14)13-12)10(15)16-6-3/h4-8H2,1-3H3,(H,13,14). The number of halogens is 1. The Kier molecular flexibility index (Phi) is 7.38. The summed E-state index contributed by atoms with van der Waals surface area (Å²) in [5, 5.41) is 0. The lowest BCUT2D eigenvalue weighted by Gasteiger charge is -2.28. The molecule has 0 radical (unpaired) electrons. The van der Waals surface area contributed by atoms with Gasteiger partial charge in [0.1, 0.15) is 5.41 Å². The van der Waals surface area contributed by atoms with Crippen molar-refractivity contribution in [1.82, 2.24) is 4.34 Å². The van der Waals surface area contributed by atoms with Gasteiger partial charge < -0.3 is 4.74 Å². The molecule has 1 N–H and O–H groups in total. The Bertz CT molecular complexity index is 237. The van der Waals surface area contributed by atoms with Gasteiger partial charge >= 0.3 is 5.97 Å². The number of rotatable bonds is 7. The summed E-state index contributed by atoms with van der Waals surface area (Å²) < 4.78 is 7.40. The Labute approximate surface area is 105 Å². The third-order valence-electron chi connectivity index (χ3n) is 2.54. The minimum atomic E-state index is -1.04. The molecule has 0 aliphatic carbocycles. The van der Waals surface area contributed by atoms with Crippen LogP contribution in [0.4, 0.5) is 0 Å². The Balaban J connectivity index is 5.06. The monoisotopic (exact) mass is 293 g/mol. The first kappa shape index (κ1) is 15.4. The molecule has 0 spiro atoms. The van der Waals surface area contributed by atoms with Crippen LogP contribution in [0.15, 0.2) is 0 Å². The quantitative estimate of drug-likeness (QED) is 0.446. The molecule has 1 amide bonds. The summed E-state index contributed by atoms with van der Waals surface area (Å²) in [5.74, 6) is -0.731. The molecule has 0 heterocycles. The molecule has 5 heteroatoms. The third-order valence-corrected chi connectivity index (χ3v) is 2.90. The second-order valence-corrected chi connectivity index (χ2v) is 4.12. The summed E-state index contributed by atoms with van der Waals surface area (Å²) in [6.45, 7) is 5.94. The molecule has 0 aromatic carbocycles.